The monoisotopic (exact) mass is 363 g/mol. The molecule has 0 atom stereocenters. The van der Waals surface area contributed by atoms with Crippen LogP contribution in [0.4, 0.5) is 5.69 Å². The Morgan fingerprint density at radius 2 is 1.96 bits per heavy atom. The Labute approximate surface area is 159 Å². The van der Waals surface area contributed by atoms with Gasteiger partial charge in [0.25, 0.3) is 0 Å². The van der Waals surface area contributed by atoms with Gasteiger partial charge in [0.05, 0.1) is 33.9 Å². The van der Waals surface area contributed by atoms with Gasteiger partial charge in [-0.3, -0.25) is 4.79 Å². The van der Waals surface area contributed by atoms with E-state index in [0.29, 0.717) is 12.0 Å². The lowest BCUT2D eigenvalue weighted by atomic mass is 9.75. The van der Waals surface area contributed by atoms with Crippen molar-refractivity contribution in [1.29, 1.82) is 5.26 Å². The minimum Gasteiger partial charge on any atom is -0.368 e. The molecule has 1 aliphatic heterocycles. The van der Waals surface area contributed by atoms with Crippen molar-refractivity contribution >= 4 is 11.5 Å². The minimum atomic E-state index is -0.0672. The Morgan fingerprint density at radius 1 is 1.22 bits per heavy atom. The van der Waals surface area contributed by atoms with Crippen LogP contribution in [0, 0.1) is 23.7 Å². The van der Waals surface area contributed by atoms with Crippen LogP contribution in [0.25, 0.3) is 5.69 Å². The Kier molecular flexibility index (Phi) is 4.27. The summed E-state index contributed by atoms with van der Waals surface area (Å²) in [6.07, 6.45) is 1.38. The third-order valence-electron chi connectivity index (χ3n) is 5.52. The lowest BCUT2D eigenvalue weighted by Gasteiger charge is -2.31. The number of hydrogen-bond donors (Lipinski definition) is 1. The number of ketones is 1. The first-order valence-corrected chi connectivity index (χ1v) is 9.51. The smallest absolute Gasteiger partial charge is 0.167 e. The van der Waals surface area contributed by atoms with E-state index >= 15 is 0 Å². The Hall–Kier alpha value is -2.65. The Morgan fingerprint density at radius 3 is 2.67 bits per heavy atom. The van der Waals surface area contributed by atoms with Gasteiger partial charge >= 0.3 is 0 Å². The number of nitrogens with zero attached hydrogens (tertiary/aromatic N) is 4. The third kappa shape index (κ3) is 3.13. The first-order valence-electron chi connectivity index (χ1n) is 9.51. The molecule has 1 aromatic carbocycles. The number of rotatable bonds is 2. The van der Waals surface area contributed by atoms with Gasteiger partial charge < -0.3 is 10.2 Å². The predicted octanol–water partition coefficient (Wildman–Crippen LogP) is 2.62. The predicted molar refractivity (Wildman–Crippen MR) is 105 cm³/mol. The lowest BCUT2D eigenvalue weighted by Crippen LogP contribution is -2.43. The summed E-state index contributed by atoms with van der Waals surface area (Å²) >= 11 is 0. The van der Waals surface area contributed by atoms with E-state index in [1.54, 1.807) is 0 Å². The molecule has 4 rings (SSSR count). The molecule has 2 aliphatic rings. The van der Waals surface area contributed by atoms with Crippen LogP contribution in [-0.4, -0.2) is 41.7 Å². The van der Waals surface area contributed by atoms with Crippen molar-refractivity contribution in [2.75, 3.05) is 31.1 Å². The quantitative estimate of drug-likeness (QED) is 0.888. The van der Waals surface area contributed by atoms with E-state index in [1.165, 1.54) is 0 Å². The number of nitriles is 1. The highest BCUT2D eigenvalue weighted by Crippen LogP contribution is 2.37. The largest absolute Gasteiger partial charge is 0.368 e. The molecule has 2 heterocycles. The fourth-order valence-electron chi connectivity index (χ4n) is 4.27. The molecule has 0 radical (unpaired) electrons. The number of anilines is 1. The highest BCUT2D eigenvalue weighted by molar-refractivity contribution is 5.99. The molecule has 1 aromatic heterocycles. The van der Waals surface area contributed by atoms with Crippen molar-refractivity contribution in [3.05, 3.63) is 40.7 Å². The average Bonchev–Trinajstić information content (AvgIpc) is 2.97. The molecule has 27 heavy (non-hydrogen) atoms. The number of carbonyl (C=O) groups excluding carboxylic acids is 1. The van der Waals surface area contributed by atoms with Gasteiger partial charge in [0.15, 0.2) is 5.78 Å². The fraction of sp³-hybridized carbons (Fsp3) is 0.476. The fourth-order valence-corrected chi connectivity index (χ4v) is 4.27. The van der Waals surface area contributed by atoms with Crippen molar-refractivity contribution in [1.82, 2.24) is 15.1 Å². The molecule has 0 unspecified atom stereocenters. The first-order chi connectivity index (χ1) is 12.9. The molecule has 2 aromatic rings. The number of benzene rings is 1. The molecule has 140 valence electrons. The van der Waals surface area contributed by atoms with Crippen molar-refractivity contribution in [2.24, 2.45) is 5.41 Å². The lowest BCUT2D eigenvalue weighted by molar-refractivity contribution is 0.0910. The van der Waals surface area contributed by atoms with Gasteiger partial charge in [0.2, 0.25) is 0 Å². The number of aromatic nitrogens is 2. The van der Waals surface area contributed by atoms with Crippen LogP contribution in [0.2, 0.25) is 0 Å². The summed E-state index contributed by atoms with van der Waals surface area (Å²) in [7, 11) is 0. The second kappa shape index (κ2) is 6.50. The van der Waals surface area contributed by atoms with Crippen LogP contribution in [0.15, 0.2) is 18.2 Å². The van der Waals surface area contributed by atoms with Crippen LogP contribution in [0.5, 0.6) is 0 Å². The molecule has 0 bridgehead atoms. The van der Waals surface area contributed by atoms with E-state index in [0.717, 1.165) is 60.9 Å². The van der Waals surface area contributed by atoms with Crippen molar-refractivity contribution in [3.8, 4) is 11.8 Å². The third-order valence-corrected chi connectivity index (χ3v) is 5.52. The Balaban J connectivity index is 1.82. The molecule has 6 heteroatoms. The summed E-state index contributed by atoms with van der Waals surface area (Å²) in [5.74, 6) is 0.181. The summed E-state index contributed by atoms with van der Waals surface area (Å²) in [4.78, 5) is 14.9. The highest BCUT2D eigenvalue weighted by atomic mass is 16.1. The molecule has 0 spiro atoms. The van der Waals surface area contributed by atoms with Crippen molar-refractivity contribution in [3.63, 3.8) is 0 Å². The van der Waals surface area contributed by atoms with Gasteiger partial charge in [-0.1, -0.05) is 13.8 Å². The summed E-state index contributed by atoms with van der Waals surface area (Å²) in [6, 6.07) is 8.16. The standard InChI is InChI=1S/C21H25N5O/c1-14-20-18(11-21(2,3)12-19(20)27)26(24-14)16-5-4-15(13-22)17(10-16)25-8-6-23-7-9-25/h4-5,10,23H,6-9,11-12H2,1-3H3. The van der Waals surface area contributed by atoms with E-state index in [4.69, 9.17) is 5.10 Å². The number of Topliss-reactive ketones (excluding diaryl/α,β-unsaturated/α-hetero) is 1. The molecule has 0 saturated carbocycles. The molecule has 6 nitrogen and oxygen atoms in total. The SMILES string of the molecule is Cc1nn(-c2ccc(C#N)c(N3CCNCC3)c2)c2c1C(=O)CC(C)(C)C2. The maximum absolute atomic E-state index is 12.7. The van der Waals surface area contributed by atoms with Crippen LogP contribution >= 0.6 is 0 Å². The van der Waals surface area contributed by atoms with Crippen LogP contribution in [0.3, 0.4) is 0 Å². The number of fused-ring (bicyclic) bond motifs is 1. The second-order valence-electron chi connectivity index (χ2n) is 8.31. The Bertz CT molecular complexity index is 944. The van der Waals surface area contributed by atoms with E-state index in [-0.39, 0.29) is 11.2 Å². The summed E-state index contributed by atoms with van der Waals surface area (Å²) in [5.41, 5.74) is 5.03. The molecule has 0 amide bonds. The summed E-state index contributed by atoms with van der Waals surface area (Å²) in [6.45, 7) is 9.74. The molecule has 1 aliphatic carbocycles. The maximum atomic E-state index is 12.7. The van der Waals surface area contributed by atoms with E-state index in [2.05, 4.69) is 30.1 Å². The van der Waals surface area contributed by atoms with Crippen LogP contribution < -0.4 is 10.2 Å². The van der Waals surface area contributed by atoms with Gasteiger partial charge in [-0.05, 0) is 37.0 Å². The maximum Gasteiger partial charge on any atom is 0.167 e. The van der Waals surface area contributed by atoms with Gasteiger partial charge in [-0.25, -0.2) is 4.68 Å². The average molecular weight is 363 g/mol. The van der Waals surface area contributed by atoms with Gasteiger partial charge in [0, 0.05) is 32.6 Å². The molecule has 1 saturated heterocycles. The molecular formula is C21H25N5O. The van der Waals surface area contributed by atoms with Gasteiger partial charge in [-0.15, -0.1) is 0 Å². The van der Waals surface area contributed by atoms with Gasteiger partial charge in [0.1, 0.15) is 6.07 Å². The van der Waals surface area contributed by atoms with Crippen LogP contribution in [-0.2, 0) is 6.42 Å². The molecule has 1 N–H and O–H groups in total. The molecule has 1 fully saturated rings. The number of nitrogens with one attached hydrogen (secondary N) is 1. The molecular weight excluding hydrogens is 338 g/mol. The van der Waals surface area contributed by atoms with E-state index in [1.807, 2.05) is 29.8 Å². The van der Waals surface area contributed by atoms with Crippen LogP contribution in [0.1, 0.15) is 47.6 Å². The zero-order valence-corrected chi connectivity index (χ0v) is 16.2. The van der Waals surface area contributed by atoms with Crippen molar-refractivity contribution < 1.29 is 4.79 Å². The van der Waals surface area contributed by atoms with Crippen molar-refractivity contribution in [2.45, 2.75) is 33.6 Å². The highest BCUT2D eigenvalue weighted by Gasteiger charge is 2.35. The summed E-state index contributed by atoms with van der Waals surface area (Å²) in [5, 5.41) is 17.6. The van der Waals surface area contributed by atoms with E-state index < -0.39 is 0 Å². The second-order valence-corrected chi connectivity index (χ2v) is 8.31. The number of aryl methyl sites for hydroxylation is 1. The first kappa shape index (κ1) is 17.7. The zero-order valence-electron chi connectivity index (χ0n) is 16.2. The number of carbonyl (C=O) groups is 1. The summed E-state index contributed by atoms with van der Waals surface area (Å²) < 4.78 is 1.91. The normalized spacial score (nSPS) is 18.9. The minimum absolute atomic E-state index is 0.0672. The number of hydrogen-bond acceptors (Lipinski definition) is 5. The number of piperazine rings is 1. The van der Waals surface area contributed by atoms with E-state index in [9.17, 15) is 10.1 Å². The zero-order chi connectivity index (χ0) is 19.2. The topological polar surface area (TPSA) is 74.0 Å². The van der Waals surface area contributed by atoms with Gasteiger partial charge in [-0.2, -0.15) is 10.4 Å².